The zero-order valence-electron chi connectivity index (χ0n) is 17.8. The van der Waals surface area contributed by atoms with Gasteiger partial charge in [-0.15, -0.1) is 0 Å². The van der Waals surface area contributed by atoms with E-state index in [9.17, 15) is 0 Å². The van der Waals surface area contributed by atoms with Gasteiger partial charge in [0.2, 0.25) is 0 Å². The molecule has 1 saturated heterocycles. The molecule has 1 aromatic rings. The van der Waals surface area contributed by atoms with Crippen LogP contribution in [0.25, 0.3) is 11.0 Å². The highest BCUT2D eigenvalue weighted by atomic mass is 16.7. The third kappa shape index (κ3) is 2.89. The Morgan fingerprint density at radius 3 is 2.36 bits per heavy atom. The number of fused-ring (bicyclic) bond motifs is 1. The molecule has 1 aromatic carbocycles. The Bertz CT molecular complexity index is 970. The van der Waals surface area contributed by atoms with E-state index >= 15 is 0 Å². The first-order chi connectivity index (χ1) is 13.1. The lowest BCUT2D eigenvalue weighted by Crippen LogP contribution is -2.41. The van der Waals surface area contributed by atoms with Crippen molar-refractivity contribution in [1.82, 2.24) is 0 Å². The van der Waals surface area contributed by atoms with Crippen LogP contribution in [0.4, 0.5) is 0 Å². The molecule has 0 saturated carbocycles. The summed E-state index contributed by atoms with van der Waals surface area (Å²) in [4.78, 5) is 0. The lowest BCUT2D eigenvalue weighted by molar-refractivity contribution is 0.00578. The minimum absolute atomic E-state index is 0.353. The average molecular weight is 372 g/mol. The predicted molar refractivity (Wildman–Crippen MR) is 119 cm³/mol. The van der Waals surface area contributed by atoms with Gasteiger partial charge in [0.05, 0.1) is 11.2 Å². The molecule has 2 nitrogen and oxygen atoms in total. The van der Waals surface area contributed by atoms with Crippen molar-refractivity contribution in [3.63, 3.8) is 0 Å². The van der Waals surface area contributed by atoms with Crippen LogP contribution in [-0.2, 0) is 15.7 Å². The van der Waals surface area contributed by atoms with Crippen LogP contribution in [0.5, 0.6) is 0 Å². The molecule has 0 unspecified atom stereocenters. The molecular weight excluding hydrogens is 343 g/mol. The molecule has 1 heterocycles. The Kier molecular flexibility index (Phi) is 4.44. The molecule has 0 atom stereocenters. The van der Waals surface area contributed by atoms with E-state index in [0.717, 1.165) is 11.9 Å². The van der Waals surface area contributed by atoms with Crippen molar-refractivity contribution in [2.75, 3.05) is 0 Å². The van der Waals surface area contributed by atoms with Crippen LogP contribution in [0.1, 0.15) is 56.9 Å². The van der Waals surface area contributed by atoms with Crippen LogP contribution in [0, 0.1) is 6.92 Å². The first kappa shape index (κ1) is 19.2. The fraction of sp³-hybridized carbons (Fsp3) is 0.360. The van der Waals surface area contributed by atoms with E-state index in [4.69, 9.17) is 9.31 Å². The highest BCUT2D eigenvalue weighted by Crippen LogP contribution is 2.46. The van der Waals surface area contributed by atoms with Crippen molar-refractivity contribution in [3.8, 4) is 0 Å². The normalized spacial score (nSPS) is 22.3. The Labute approximate surface area is 169 Å². The fourth-order valence-corrected chi connectivity index (χ4v) is 4.37. The summed E-state index contributed by atoms with van der Waals surface area (Å²) in [6.07, 6.45) is 11.5. The van der Waals surface area contributed by atoms with Crippen LogP contribution in [0.2, 0.25) is 0 Å². The molecule has 0 spiro atoms. The second-order valence-corrected chi connectivity index (χ2v) is 9.06. The van der Waals surface area contributed by atoms with Crippen LogP contribution in [-0.4, -0.2) is 18.3 Å². The summed E-state index contributed by atoms with van der Waals surface area (Å²) in [5.74, 6) is 0. The zero-order valence-corrected chi connectivity index (χ0v) is 17.8. The summed E-state index contributed by atoms with van der Waals surface area (Å²) in [6.45, 7) is 16.6. The minimum atomic E-state index is -0.361. The SMILES string of the molecule is C=C/C=C\C1=CC2=CC(C)=C(B3OC(C)(C)C(C)(C)O3)c3ccc(C)c1c3C2. The Hall–Kier alpha value is -2.10. The highest BCUT2D eigenvalue weighted by Gasteiger charge is 2.53. The summed E-state index contributed by atoms with van der Waals surface area (Å²) in [7, 11) is -0.361. The van der Waals surface area contributed by atoms with Gasteiger partial charge in [0.25, 0.3) is 0 Å². The number of benzene rings is 1. The van der Waals surface area contributed by atoms with Gasteiger partial charge in [-0.1, -0.05) is 54.7 Å². The predicted octanol–water partition coefficient (Wildman–Crippen LogP) is 6.02. The smallest absolute Gasteiger partial charge is 0.399 e. The van der Waals surface area contributed by atoms with Crippen molar-refractivity contribution in [3.05, 3.63) is 82.5 Å². The number of hydrogen-bond acceptors (Lipinski definition) is 2. The third-order valence-corrected chi connectivity index (χ3v) is 6.55. The maximum absolute atomic E-state index is 6.45. The van der Waals surface area contributed by atoms with E-state index in [0.29, 0.717) is 0 Å². The number of allylic oxidation sites excluding steroid dienone is 8. The lowest BCUT2D eigenvalue weighted by Gasteiger charge is -2.32. The Morgan fingerprint density at radius 1 is 1.04 bits per heavy atom. The van der Waals surface area contributed by atoms with Crippen LogP contribution in [0.15, 0.2) is 60.2 Å². The third-order valence-electron chi connectivity index (χ3n) is 6.55. The average Bonchev–Trinajstić information content (AvgIpc) is 2.74. The summed E-state index contributed by atoms with van der Waals surface area (Å²) in [5.41, 5.74) is 9.49. The van der Waals surface area contributed by atoms with Gasteiger partial charge >= 0.3 is 7.12 Å². The summed E-state index contributed by atoms with van der Waals surface area (Å²) in [5, 5.41) is 0. The molecule has 0 amide bonds. The van der Waals surface area contributed by atoms with Crippen molar-refractivity contribution >= 4 is 18.2 Å². The topological polar surface area (TPSA) is 18.5 Å². The molecule has 144 valence electrons. The van der Waals surface area contributed by atoms with E-state index in [1.807, 2.05) is 12.2 Å². The second kappa shape index (κ2) is 6.47. The van der Waals surface area contributed by atoms with Gasteiger partial charge in [0.1, 0.15) is 0 Å². The van der Waals surface area contributed by atoms with Gasteiger partial charge < -0.3 is 9.31 Å². The molecule has 0 N–H and O–H groups in total. The van der Waals surface area contributed by atoms with Gasteiger partial charge in [-0.25, -0.2) is 0 Å². The van der Waals surface area contributed by atoms with Gasteiger partial charge in [0.15, 0.2) is 0 Å². The first-order valence-corrected chi connectivity index (χ1v) is 10.1. The molecular formula is C25H29BO2. The van der Waals surface area contributed by atoms with Gasteiger partial charge in [-0.3, -0.25) is 0 Å². The van der Waals surface area contributed by atoms with Gasteiger partial charge in [-0.05, 0) is 86.8 Å². The summed E-state index contributed by atoms with van der Waals surface area (Å²) in [6, 6.07) is 4.47. The van der Waals surface area contributed by atoms with E-state index in [-0.39, 0.29) is 18.3 Å². The number of hydrogen-bond donors (Lipinski definition) is 0. The molecule has 0 aromatic heterocycles. The molecule has 1 fully saturated rings. The second-order valence-electron chi connectivity index (χ2n) is 9.06. The molecule has 3 heteroatoms. The largest absolute Gasteiger partial charge is 0.495 e. The fourth-order valence-electron chi connectivity index (χ4n) is 4.37. The van der Waals surface area contributed by atoms with E-state index in [1.165, 1.54) is 39.0 Å². The number of aryl methyl sites for hydroxylation is 1. The minimum Gasteiger partial charge on any atom is -0.399 e. The molecule has 3 aliphatic rings. The number of rotatable bonds is 3. The lowest BCUT2D eigenvalue weighted by atomic mass is 9.69. The van der Waals surface area contributed by atoms with Crippen LogP contribution < -0.4 is 0 Å². The first-order valence-electron chi connectivity index (χ1n) is 10.1. The monoisotopic (exact) mass is 372 g/mol. The van der Waals surface area contributed by atoms with E-state index in [1.54, 1.807) is 0 Å². The van der Waals surface area contributed by atoms with Crippen LogP contribution in [0.3, 0.4) is 0 Å². The molecule has 2 aliphatic carbocycles. The standard InChI is InChI=1S/C25H29BO2/c1-8-9-10-19-14-18-13-17(3)23(26-27-24(4,5)25(6,7)28-26)20-12-11-16(2)22(19)21(20)15-18/h8-14H,1,15H2,2-7H3/b10-9-. The van der Waals surface area contributed by atoms with E-state index in [2.05, 4.69) is 78.5 Å². The van der Waals surface area contributed by atoms with Crippen molar-refractivity contribution in [2.45, 2.75) is 59.2 Å². The summed E-state index contributed by atoms with van der Waals surface area (Å²) >= 11 is 0. The Balaban J connectivity index is 1.91. The maximum atomic E-state index is 6.45. The Morgan fingerprint density at radius 2 is 1.71 bits per heavy atom. The van der Waals surface area contributed by atoms with E-state index < -0.39 is 0 Å². The maximum Gasteiger partial charge on any atom is 0.495 e. The van der Waals surface area contributed by atoms with Crippen molar-refractivity contribution in [1.29, 1.82) is 0 Å². The van der Waals surface area contributed by atoms with Crippen LogP contribution >= 0.6 is 0 Å². The highest BCUT2D eigenvalue weighted by molar-refractivity contribution is 6.69. The van der Waals surface area contributed by atoms with Crippen molar-refractivity contribution < 1.29 is 9.31 Å². The molecule has 28 heavy (non-hydrogen) atoms. The molecule has 1 aliphatic heterocycles. The molecule has 4 rings (SSSR count). The van der Waals surface area contributed by atoms with Gasteiger partial charge in [0, 0.05) is 0 Å². The molecule has 0 radical (unpaired) electrons. The quantitative estimate of drug-likeness (QED) is 0.477. The summed E-state index contributed by atoms with van der Waals surface area (Å²) < 4.78 is 12.9. The molecule has 2 bridgehead atoms. The zero-order chi connectivity index (χ0) is 20.3. The van der Waals surface area contributed by atoms with Gasteiger partial charge in [-0.2, -0.15) is 0 Å². The van der Waals surface area contributed by atoms with Crippen molar-refractivity contribution in [2.24, 2.45) is 0 Å².